The SMILES string of the molecule is CCOC1CC2(C=CC(=O)C=C2)c2c(C=O)ccc(OC)c2O1. The molecule has 0 aromatic heterocycles. The molecule has 1 aromatic carbocycles. The number of methoxy groups -OCH3 is 1. The molecule has 1 unspecified atom stereocenters. The van der Waals surface area contributed by atoms with Crippen molar-refractivity contribution in [1.29, 1.82) is 0 Å². The fraction of sp³-hybridized carbons (Fsp3) is 0.333. The maximum absolute atomic E-state index is 11.6. The zero-order chi connectivity index (χ0) is 16.4. The molecule has 5 heteroatoms. The van der Waals surface area contributed by atoms with E-state index in [9.17, 15) is 9.59 Å². The molecular weight excluding hydrogens is 296 g/mol. The standard InChI is InChI=1S/C18H18O5/c1-3-22-15-10-18(8-6-13(20)7-9-18)16-12(11-19)4-5-14(21-2)17(16)23-15/h4-9,11,15H,3,10H2,1-2H3. The Morgan fingerprint density at radius 2 is 2.09 bits per heavy atom. The van der Waals surface area contributed by atoms with Crippen molar-refractivity contribution in [1.82, 2.24) is 0 Å². The highest BCUT2D eigenvalue weighted by Gasteiger charge is 2.43. The largest absolute Gasteiger partial charge is 0.493 e. The predicted molar refractivity (Wildman–Crippen MR) is 84.0 cm³/mol. The number of benzene rings is 1. The number of rotatable bonds is 4. The Bertz CT molecular complexity index is 686. The third-order valence-electron chi connectivity index (χ3n) is 4.16. The number of aldehydes is 1. The summed E-state index contributed by atoms with van der Waals surface area (Å²) in [5.74, 6) is 0.950. The summed E-state index contributed by atoms with van der Waals surface area (Å²) in [6.07, 6.45) is 7.47. The first kappa shape index (κ1) is 15.5. The van der Waals surface area contributed by atoms with Gasteiger partial charge in [-0.15, -0.1) is 0 Å². The number of hydrogen-bond acceptors (Lipinski definition) is 5. The molecule has 1 spiro atoms. The molecular formula is C18H18O5. The summed E-state index contributed by atoms with van der Waals surface area (Å²) >= 11 is 0. The van der Waals surface area contributed by atoms with Gasteiger partial charge < -0.3 is 14.2 Å². The molecule has 0 N–H and O–H groups in total. The Labute approximate surface area is 134 Å². The highest BCUT2D eigenvalue weighted by molar-refractivity contribution is 6.01. The van der Waals surface area contributed by atoms with Crippen molar-refractivity contribution >= 4 is 12.1 Å². The Morgan fingerprint density at radius 3 is 2.70 bits per heavy atom. The molecule has 120 valence electrons. The van der Waals surface area contributed by atoms with E-state index in [0.29, 0.717) is 35.7 Å². The second-order valence-electron chi connectivity index (χ2n) is 5.50. The molecule has 1 aliphatic carbocycles. The molecule has 0 radical (unpaired) electrons. The van der Waals surface area contributed by atoms with Gasteiger partial charge in [0.25, 0.3) is 0 Å². The van der Waals surface area contributed by atoms with E-state index in [1.165, 1.54) is 12.2 Å². The average molecular weight is 314 g/mol. The summed E-state index contributed by atoms with van der Waals surface area (Å²) in [6.45, 7) is 2.39. The summed E-state index contributed by atoms with van der Waals surface area (Å²) in [6, 6.07) is 3.40. The zero-order valence-corrected chi connectivity index (χ0v) is 13.1. The molecule has 1 heterocycles. The summed E-state index contributed by atoms with van der Waals surface area (Å²) in [7, 11) is 1.55. The van der Waals surface area contributed by atoms with Crippen molar-refractivity contribution in [3.63, 3.8) is 0 Å². The van der Waals surface area contributed by atoms with Gasteiger partial charge in [-0.3, -0.25) is 9.59 Å². The van der Waals surface area contributed by atoms with Crippen LogP contribution >= 0.6 is 0 Å². The average Bonchev–Trinajstić information content (AvgIpc) is 2.57. The van der Waals surface area contributed by atoms with E-state index in [-0.39, 0.29) is 5.78 Å². The first-order chi connectivity index (χ1) is 11.1. The Hall–Kier alpha value is -2.40. The van der Waals surface area contributed by atoms with Gasteiger partial charge in [0.2, 0.25) is 6.29 Å². The van der Waals surface area contributed by atoms with E-state index >= 15 is 0 Å². The molecule has 0 fully saturated rings. The van der Waals surface area contributed by atoms with Gasteiger partial charge in [-0.05, 0) is 31.2 Å². The first-order valence-corrected chi connectivity index (χ1v) is 7.51. The molecule has 1 atom stereocenters. The van der Waals surface area contributed by atoms with Crippen molar-refractivity contribution < 1.29 is 23.8 Å². The summed E-state index contributed by atoms with van der Waals surface area (Å²) < 4.78 is 17.0. The number of carbonyl (C=O) groups excluding carboxylic acids is 2. The van der Waals surface area contributed by atoms with Gasteiger partial charge in [0.1, 0.15) is 0 Å². The molecule has 2 aliphatic rings. The lowest BCUT2D eigenvalue weighted by molar-refractivity contribution is -0.111. The van der Waals surface area contributed by atoms with Crippen LogP contribution < -0.4 is 9.47 Å². The normalized spacial score (nSPS) is 21.0. The first-order valence-electron chi connectivity index (χ1n) is 7.51. The molecule has 23 heavy (non-hydrogen) atoms. The van der Waals surface area contributed by atoms with Crippen LogP contribution in [0.4, 0.5) is 0 Å². The van der Waals surface area contributed by atoms with E-state index in [1.54, 1.807) is 19.2 Å². The lowest BCUT2D eigenvalue weighted by Gasteiger charge is -2.40. The molecule has 5 nitrogen and oxygen atoms in total. The third-order valence-corrected chi connectivity index (χ3v) is 4.16. The van der Waals surface area contributed by atoms with Crippen molar-refractivity contribution in [2.45, 2.75) is 25.0 Å². The van der Waals surface area contributed by atoms with E-state index in [4.69, 9.17) is 14.2 Å². The number of carbonyl (C=O) groups is 2. The molecule has 1 aliphatic heterocycles. The maximum Gasteiger partial charge on any atom is 0.201 e. The van der Waals surface area contributed by atoms with Crippen molar-refractivity contribution in [2.24, 2.45) is 0 Å². The van der Waals surface area contributed by atoms with Crippen LogP contribution in [0.2, 0.25) is 0 Å². The van der Waals surface area contributed by atoms with Gasteiger partial charge in [0.05, 0.1) is 7.11 Å². The molecule has 0 saturated carbocycles. The number of ether oxygens (including phenoxy) is 3. The molecule has 0 saturated heterocycles. The molecule has 0 amide bonds. The van der Waals surface area contributed by atoms with Crippen LogP contribution in [0, 0.1) is 0 Å². The topological polar surface area (TPSA) is 61.8 Å². The van der Waals surface area contributed by atoms with E-state index in [2.05, 4.69) is 0 Å². The minimum Gasteiger partial charge on any atom is -0.493 e. The summed E-state index contributed by atoms with van der Waals surface area (Å²) in [5, 5.41) is 0. The minimum absolute atomic E-state index is 0.0767. The van der Waals surface area contributed by atoms with Gasteiger partial charge in [-0.2, -0.15) is 0 Å². The van der Waals surface area contributed by atoms with Crippen LogP contribution in [-0.4, -0.2) is 32.1 Å². The Kier molecular flexibility index (Phi) is 4.05. The van der Waals surface area contributed by atoms with Crippen LogP contribution in [0.25, 0.3) is 0 Å². The van der Waals surface area contributed by atoms with Crippen LogP contribution in [-0.2, 0) is 14.9 Å². The van der Waals surface area contributed by atoms with Gasteiger partial charge in [-0.25, -0.2) is 0 Å². The zero-order valence-electron chi connectivity index (χ0n) is 13.1. The van der Waals surface area contributed by atoms with Crippen LogP contribution in [0.5, 0.6) is 11.5 Å². The number of fused-ring (bicyclic) bond motifs is 2. The lowest BCUT2D eigenvalue weighted by atomic mass is 9.71. The number of hydrogen-bond donors (Lipinski definition) is 0. The van der Waals surface area contributed by atoms with Crippen molar-refractivity contribution in [2.75, 3.05) is 13.7 Å². The van der Waals surface area contributed by atoms with Crippen molar-refractivity contribution in [3.8, 4) is 11.5 Å². The smallest absolute Gasteiger partial charge is 0.201 e. The van der Waals surface area contributed by atoms with E-state index in [1.807, 2.05) is 19.1 Å². The Morgan fingerprint density at radius 1 is 1.35 bits per heavy atom. The van der Waals surface area contributed by atoms with Crippen LogP contribution in [0.3, 0.4) is 0 Å². The predicted octanol–water partition coefficient (Wildman–Crippen LogP) is 2.59. The van der Waals surface area contributed by atoms with Gasteiger partial charge in [-0.1, -0.05) is 12.2 Å². The molecule has 1 aromatic rings. The van der Waals surface area contributed by atoms with Crippen LogP contribution in [0.15, 0.2) is 36.4 Å². The monoisotopic (exact) mass is 314 g/mol. The second-order valence-corrected chi connectivity index (χ2v) is 5.50. The molecule has 0 bridgehead atoms. The Balaban J connectivity index is 2.23. The number of allylic oxidation sites excluding steroid dienone is 4. The van der Waals surface area contributed by atoms with Gasteiger partial charge in [0, 0.05) is 29.6 Å². The fourth-order valence-electron chi connectivity index (χ4n) is 3.14. The third kappa shape index (κ3) is 2.57. The maximum atomic E-state index is 11.6. The van der Waals surface area contributed by atoms with E-state index in [0.717, 1.165) is 6.29 Å². The van der Waals surface area contributed by atoms with Crippen molar-refractivity contribution in [3.05, 3.63) is 47.6 Å². The van der Waals surface area contributed by atoms with Crippen LogP contribution in [0.1, 0.15) is 29.3 Å². The highest BCUT2D eigenvalue weighted by atomic mass is 16.7. The van der Waals surface area contributed by atoms with Gasteiger partial charge >= 0.3 is 0 Å². The minimum atomic E-state index is -0.619. The van der Waals surface area contributed by atoms with E-state index < -0.39 is 11.7 Å². The fourth-order valence-corrected chi connectivity index (χ4v) is 3.14. The highest BCUT2D eigenvalue weighted by Crippen LogP contribution is 2.49. The quantitative estimate of drug-likeness (QED) is 0.799. The summed E-state index contributed by atoms with van der Waals surface area (Å²) in [5.41, 5.74) is 0.605. The number of ketones is 1. The van der Waals surface area contributed by atoms with Gasteiger partial charge in [0.15, 0.2) is 23.6 Å². The summed E-state index contributed by atoms with van der Waals surface area (Å²) in [4.78, 5) is 23.1. The second kappa shape index (κ2) is 6.01. The lowest BCUT2D eigenvalue weighted by Crippen LogP contribution is -2.39. The molecule has 3 rings (SSSR count).